The van der Waals surface area contributed by atoms with Gasteiger partial charge in [-0.3, -0.25) is 0 Å². The van der Waals surface area contributed by atoms with E-state index < -0.39 is 5.60 Å². The quantitative estimate of drug-likeness (QED) is 0.560. The Labute approximate surface area is 151 Å². The number of hydrogen-bond donors (Lipinski definition) is 0. The third kappa shape index (κ3) is 6.52. The average Bonchev–Trinajstić information content (AvgIpc) is 2.61. The lowest BCUT2D eigenvalue weighted by molar-refractivity contribution is -0.00248. The molecule has 0 fully saturated rings. The highest BCUT2D eigenvalue weighted by Crippen LogP contribution is 2.29. The summed E-state index contributed by atoms with van der Waals surface area (Å²) in [4.78, 5) is 24.2. The second-order valence-corrected chi connectivity index (χ2v) is 7.48. The van der Waals surface area contributed by atoms with E-state index in [-0.39, 0.29) is 17.4 Å². The Morgan fingerprint density at radius 1 is 0.840 bits per heavy atom. The van der Waals surface area contributed by atoms with Gasteiger partial charge >= 0.3 is 11.9 Å². The predicted octanol–water partition coefficient (Wildman–Crippen LogP) is 5.41. The molecule has 4 nitrogen and oxygen atoms in total. The number of esters is 2. The second kappa shape index (κ2) is 9.02. The highest BCUT2D eigenvalue weighted by molar-refractivity contribution is 5.93. The number of carbonyl (C=O) groups excluding carboxylic acids is 2. The average molecular weight is 348 g/mol. The fraction of sp³-hybridized carbons (Fsp3) is 0.619. The minimum atomic E-state index is -0.500. The summed E-state index contributed by atoms with van der Waals surface area (Å²) in [6.07, 6.45) is 3.71. The summed E-state index contributed by atoms with van der Waals surface area (Å²) in [7, 11) is 0. The maximum Gasteiger partial charge on any atom is 0.338 e. The van der Waals surface area contributed by atoms with Crippen LogP contribution in [-0.4, -0.2) is 24.1 Å². The summed E-state index contributed by atoms with van der Waals surface area (Å²) in [5.41, 5.74) is 0.587. The molecule has 0 atom stereocenters. The minimum absolute atomic E-state index is 0.208. The molecule has 0 amide bonds. The van der Waals surface area contributed by atoms with E-state index in [0.717, 1.165) is 25.7 Å². The van der Waals surface area contributed by atoms with Crippen molar-refractivity contribution in [2.24, 2.45) is 5.41 Å². The third-order valence-electron chi connectivity index (χ3n) is 5.22. The Kier molecular flexibility index (Phi) is 7.65. The van der Waals surface area contributed by atoms with E-state index in [9.17, 15) is 9.59 Å². The molecule has 0 saturated heterocycles. The van der Waals surface area contributed by atoms with Crippen molar-refractivity contribution in [2.45, 2.75) is 72.8 Å². The van der Waals surface area contributed by atoms with Crippen LogP contribution in [0.1, 0.15) is 87.9 Å². The largest absolute Gasteiger partial charge is 0.462 e. The van der Waals surface area contributed by atoms with Crippen LogP contribution in [0.15, 0.2) is 24.3 Å². The first-order valence-electron chi connectivity index (χ1n) is 9.17. The van der Waals surface area contributed by atoms with Gasteiger partial charge < -0.3 is 9.47 Å². The summed E-state index contributed by atoms with van der Waals surface area (Å²) in [5, 5.41) is 0. The van der Waals surface area contributed by atoms with Gasteiger partial charge in [-0.25, -0.2) is 9.59 Å². The summed E-state index contributed by atoms with van der Waals surface area (Å²) >= 11 is 0. The molecule has 0 aromatic heterocycles. The SMILES string of the molecule is CCC(C)(CC)CCOC(=O)c1ccc(C(=O)OC(C)(C)CC)cc1. The summed E-state index contributed by atoms with van der Waals surface area (Å²) in [6.45, 7) is 12.6. The van der Waals surface area contributed by atoms with E-state index in [1.165, 1.54) is 0 Å². The monoisotopic (exact) mass is 348 g/mol. The zero-order valence-electron chi connectivity index (χ0n) is 16.5. The van der Waals surface area contributed by atoms with E-state index in [1.54, 1.807) is 24.3 Å². The van der Waals surface area contributed by atoms with Gasteiger partial charge in [-0.1, -0.05) is 40.5 Å². The smallest absolute Gasteiger partial charge is 0.338 e. The van der Waals surface area contributed by atoms with Gasteiger partial charge in [-0.05, 0) is 56.4 Å². The summed E-state index contributed by atoms with van der Waals surface area (Å²) in [5.74, 6) is -0.739. The van der Waals surface area contributed by atoms with Crippen LogP contribution < -0.4 is 0 Å². The second-order valence-electron chi connectivity index (χ2n) is 7.48. The Morgan fingerprint density at radius 2 is 1.32 bits per heavy atom. The summed E-state index contributed by atoms with van der Waals surface area (Å²) in [6, 6.07) is 6.42. The van der Waals surface area contributed by atoms with Gasteiger partial charge in [0.15, 0.2) is 0 Å². The highest BCUT2D eigenvalue weighted by Gasteiger charge is 2.22. The molecule has 0 unspecified atom stereocenters. The van der Waals surface area contributed by atoms with Crippen molar-refractivity contribution in [3.8, 4) is 0 Å². The first kappa shape index (κ1) is 21.2. The molecule has 0 aliphatic rings. The third-order valence-corrected chi connectivity index (χ3v) is 5.22. The van der Waals surface area contributed by atoms with Crippen molar-refractivity contribution in [3.05, 3.63) is 35.4 Å². The molecule has 0 spiro atoms. The molecule has 0 bridgehead atoms. The molecule has 0 radical (unpaired) electrons. The van der Waals surface area contributed by atoms with Gasteiger partial charge in [0, 0.05) is 0 Å². The number of hydrogen-bond acceptors (Lipinski definition) is 4. The van der Waals surface area contributed by atoms with Crippen molar-refractivity contribution in [3.63, 3.8) is 0 Å². The maximum absolute atomic E-state index is 12.1. The standard InChI is InChI=1S/C21H32O4/c1-7-20(4,5)25-19(23)17-12-10-16(11-13-17)18(22)24-15-14-21(6,8-2)9-3/h10-13H,7-9,14-15H2,1-6H3. The van der Waals surface area contributed by atoms with E-state index in [4.69, 9.17) is 9.47 Å². The molecule has 0 aliphatic heterocycles. The van der Waals surface area contributed by atoms with Crippen molar-refractivity contribution < 1.29 is 19.1 Å². The molecule has 140 valence electrons. The number of ether oxygens (including phenoxy) is 2. The van der Waals surface area contributed by atoms with Gasteiger partial charge in [-0.2, -0.15) is 0 Å². The molecule has 0 aliphatic carbocycles. The van der Waals surface area contributed by atoms with Gasteiger partial charge in [0.2, 0.25) is 0 Å². The van der Waals surface area contributed by atoms with Crippen LogP contribution >= 0.6 is 0 Å². The molecule has 0 heterocycles. The van der Waals surface area contributed by atoms with E-state index in [2.05, 4.69) is 20.8 Å². The lowest BCUT2D eigenvalue weighted by Gasteiger charge is -2.26. The predicted molar refractivity (Wildman–Crippen MR) is 99.8 cm³/mol. The lowest BCUT2D eigenvalue weighted by Crippen LogP contribution is -2.27. The molecular formula is C21H32O4. The van der Waals surface area contributed by atoms with E-state index in [0.29, 0.717) is 17.7 Å². The highest BCUT2D eigenvalue weighted by atomic mass is 16.6. The van der Waals surface area contributed by atoms with Gasteiger partial charge in [0.05, 0.1) is 17.7 Å². The first-order valence-corrected chi connectivity index (χ1v) is 9.17. The zero-order valence-corrected chi connectivity index (χ0v) is 16.5. The molecule has 4 heteroatoms. The van der Waals surface area contributed by atoms with E-state index >= 15 is 0 Å². The molecule has 1 aromatic rings. The van der Waals surface area contributed by atoms with Gasteiger partial charge in [0.1, 0.15) is 5.60 Å². The Hall–Kier alpha value is -1.84. The lowest BCUT2D eigenvalue weighted by atomic mass is 9.82. The van der Waals surface area contributed by atoms with Gasteiger partial charge in [0.25, 0.3) is 0 Å². The van der Waals surface area contributed by atoms with E-state index in [1.807, 2.05) is 20.8 Å². The Bertz CT molecular complexity index is 568. The molecule has 0 N–H and O–H groups in total. The molecule has 25 heavy (non-hydrogen) atoms. The van der Waals surface area contributed by atoms with Crippen LogP contribution in [0, 0.1) is 5.41 Å². The fourth-order valence-corrected chi connectivity index (χ4v) is 2.20. The summed E-state index contributed by atoms with van der Waals surface area (Å²) < 4.78 is 10.8. The van der Waals surface area contributed by atoms with Crippen molar-refractivity contribution in [2.75, 3.05) is 6.61 Å². The zero-order chi connectivity index (χ0) is 19.1. The number of benzene rings is 1. The fourth-order valence-electron chi connectivity index (χ4n) is 2.20. The minimum Gasteiger partial charge on any atom is -0.462 e. The molecule has 1 aromatic carbocycles. The maximum atomic E-state index is 12.1. The Balaban J connectivity index is 2.61. The van der Waals surface area contributed by atoms with Crippen LogP contribution in [0.3, 0.4) is 0 Å². The number of carbonyl (C=O) groups is 2. The van der Waals surface area contributed by atoms with Crippen LogP contribution in [0.2, 0.25) is 0 Å². The van der Waals surface area contributed by atoms with Crippen LogP contribution in [0.5, 0.6) is 0 Å². The number of rotatable bonds is 9. The van der Waals surface area contributed by atoms with Crippen LogP contribution in [0.25, 0.3) is 0 Å². The van der Waals surface area contributed by atoms with Crippen molar-refractivity contribution >= 4 is 11.9 Å². The first-order chi connectivity index (χ1) is 11.7. The van der Waals surface area contributed by atoms with Crippen LogP contribution in [-0.2, 0) is 9.47 Å². The normalized spacial score (nSPS) is 11.9. The Morgan fingerprint density at radius 3 is 1.76 bits per heavy atom. The van der Waals surface area contributed by atoms with Crippen LogP contribution in [0.4, 0.5) is 0 Å². The molecule has 0 saturated carbocycles. The van der Waals surface area contributed by atoms with Crippen molar-refractivity contribution in [1.29, 1.82) is 0 Å². The molecule has 1 rings (SSSR count). The van der Waals surface area contributed by atoms with Crippen molar-refractivity contribution in [1.82, 2.24) is 0 Å². The topological polar surface area (TPSA) is 52.6 Å². The molecular weight excluding hydrogens is 316 g/mol. The van der Waals surface area contributed by atoms with Gasteiger partial charge in [-0.15, -0.1) is 0 Å².